The molecule has 0 aliphatic heterocycles. The minimum absolute atomic E-state index is 0.0974. The van der Waals surface area contributed by atoms with E-state index >= 15 is 0 Å². The molecule has 20 heavy (non-hydrogen) atoms. The van der Waals surface area contributed by atoms with Crippen molar-refractivity contribution in [2.45, 2.75) is 33.3 Å². The normalized spacial score (nSPS) is 12.8. The highest BCUT2D eigenvalue weighted by atomic mass is 16.5. The predicted molar refractivity (Wildman–Crippen MR) is 84.0 cm³/mol. The molecular weight excluding hydrogens is 250 g/mol. The summed E-state index contributed by atoms with van der Waals surface area (Å²) in [6.45, 7) is 10.5. The average molecular weight is 279 g/mol. The summed E-state index contributed by atoms with van der Waals surface area (Å²) < 4.78 is 11.4. The molecule has 1 aromatic carbocycles. The summed E-state index contributed by atoms with van der Waals surface area (Å²) in [6, 6.07) is 10.4. The highest BCUT2D eigenvalue weighted by Crippen LogP contribution is 2.16. The van der Waals surface area contributed by atoms with Crippen LogP contribution >= 0.6 is 0 Å². The second kappa shape index (κ2) is 10.8. The quantitative estimate of drug-likeness (QED) is 0.630. The molecule has 0 bridgehead atoms. The maximum absolute atomic E-state index is 5.97. The van der Waals surface area contributed by atoms with Crippen LogP contribution in [0.2, 0.25) is 0 Å². The zero-order chi connectivity index (χ0) is 14.6. The fraction of sp³-hybridized carbons (Fsp3) is 0.647. The van der Waals surface area contributed by atoms with E-state index in [1.54, 1.807) is 0 Å². The van der Waals surface area contributed by atoms with E-state index in [2.05, 4.69) is 50.4 Å². The Bertz CT molecular complexity index is 327. The van der Waals surface area contributed by atoms with Crippen molar-refractivity contribution in [2.75, 3.05) is 32.9 Å². The van der Waals surface area contributed by atoms with Gasteiger partial charge in [0.1, 0.15) is 0 Å². The number of nitrogens with one attached hydrogen (secondary N) is 1. The van der Waals surface area contributed by atoms with E-state index in [1.165, 1.54) is 5.56 Å². The maximum Gasteiger partial charge on any atom is 0.0950 e. The summed E-state index contributed by atoms with van der Waals surface area (Å²) in [5.41, 5.74) is 1.22. The largest absolute Gasteiger partial charge is 0.379 e. The fourth-order valence-corrected chi connectivity index (χ4v) is 1.94. The maximum atomic E-state index is 5.97. The summed E-state index contributed by atoms with van der Waals surface area (Å²) in [7, 11) is 0. The lowest BCUT2D eigenvalue weighted by Gasteiger charge is -2.20. The molecule has 1 aromatic rings. The van der Waals surface area contributed by atoms with Gasteiger partial charge in [0, 0.05) is 13.2 Å². The van der Waals surface area contributed by atoms with Gasteiger partial charge in [-0.1, -0.05) is 51.1 Å². The van der Waals surface area contributed by atoms with Gasteiger partial charge in [0.2, 0.25) is 0 Å². The standard InChI is InChI=1S/C17H29NO2/c1-4-10-19-11-12-20-17(14-18-13-15(2)3)16-8-6-5-7-9-16/h5-9,15,17-18H,4,10-14H2,1-3H3. The zero-order valence-electron chi connectivity index (χ0n) is 13.1. The summed E-state index contributed by atoms with van der Waals surface area (Å²) in [6.07, 6.45) is 1.15. The van der Waals surface area contributed by atoms with E-state index < -0.39 is 0 Å². The molecule has 114 valence electrons. The smallest absolute Gasteiger partial charge is 0.0950 e. The second-order valence-electron chi connectivity index (χ2n) is 5.43. The summed E-state index contributed by atoms with van der Waals surface area (Å²) in [5.74, 6) is 0.652. The van der Waals surface area contributed by atoms with Crippen LogP contribution in [0.5, 0.6) is 0 Å². The van der Waals surface area contributed by atoms with Crippen molar-refractivity contribution in [1.29, 1.82) is 0 Å². The molecule has 1 N–H and O–H groups in total. The van der Waals surface area contributed by atoms with E-state index in [-0.39, 0.29) is 6.10 Å². The van der Waals surface area contributed by atoms with E-state index in [4.69, 9.17) is 9.47 Å². The van der Waals surface area contributed by atoms with Gasteiger partial charge < -0.3 is 14.8 Å². The molecule has 0 spiro atoms. The molecule has 3 nitrogen and oxygen atoms in total. The van der Waals surface area contributed by atoms with Gasteiger partial charge >= 0.3 is 0 Å². The molecule has 1 unspecified atom stereocenters. The van der Waals surface area contributed by atoms with Crippen LogP contribution in [0.3, 0.4) is 0 Å². The molecule has 0 heterocycles. The highest BCUT2D eigenvalue weighted by molar-refractivity contribution is 5.17. The van der Waals surface area contributed by atoms with Crippen molar-refractivity contribution in [2.24, 2.45) is 5.92 Å². The molecule has 0 fully saturated rings. The van der Waals surface area contributed by atoms with E-state index in [9.17, 15) is 0 Å². The number of rotatable bonds is 11. The molecular formula is C17H29NO2. The van der Waals surface area contributed by atoms with Crippen molar-refractivity contribution in [1.82, 2.24) is 5.32 Å². The molecule has 1 rings (SSSR count). The zero-order valence-corrected chi connectivity index (χ0v) is 13.1. The van der Waals surface area contributed by atoms with E-state index in [0.717, 1.165) is 26.1 Å². The summed E-state index contributed by atoms with van der Waals surface area (Å²) in [5, 5.41) is 3.47. The van der Waals surface area contributed by atoms with Gasteiger partial charge in [0.05, 0.1) is 19.3 Å². The monoisotopic (exact) mass is 279 g/mol. The molecule has 0 saturated carbocycles. The fourth-order valence-electron chi connectivity index (χ4n) is 1.94. The Morgan fingerprint density at radius 2 is 1.75 bits per heavy atom. The van der Waals surface area contributed by atoms with Gasteiger partial charge in [-0.05, 0) is 24.4 Å². The first-order valence-electron chi connectivity index (χ1n) is 7.69. The number of ether oxygens (including phenoxy) is 2. The lowest BCUT2D eigenvalue weighted by atomic mass is 10.1. The van der Waals surface area contributed by atoms with Crippen LogP contribution in [0, 0.1) is 5.92 Å². The number of hydrogen-bond donors (Lipinski definition) is 1. The van der Waals surface area contributed by atoms with Gasteiger partial charge in [0.15, 0.2) is 0 Å². The number of benzene rings is 1. The third-order valence-corrected chi connectivity index (χ3v) is 2.95. The van der Waals surface area contributed by atoms with E-state index in [0.29, 0.717) is 19.1 Å². The Balaban J connectivity index is 2.39. The Morgan fingerprint density at radius 1 is 1.00 bits per heavy atom. The van der Waals surface area contributed by atoms with Crippen molar-refractivity contribution < 1.29 is 9.47 Å². The van der Waals surface area contributed by atoms with Crippen LogP contribution < -0.4 is 5.32 Å². The second-order valence-corrected chi connectivity index (χ2v) is 5.43. The summed E-state index contributed by atoms with van der Waals surface area (Å²) >= 11 is 0. The topological polar surface area (TPSA) is 30.5 Å². The van der Waals surface area contributed by atoms with Crippen LogP contribution in [0.25, 0.3) is 0 Å². The lowest BCUT2D eigenvalue weighted by Crippen LogP contribution is -2.27. The third-order valence-electron chi connectivity index (χ3n) is 2.95. The highest BCUT2D eigenvalue weighted by Gasteiger charge is 2.11. The van der Waals surface area contributed by atoms with Crippen LogP contribution in [0.1, 0.15) is 38.9 Å². The Hall–Kier alpha value is -0.900. The first kappa shape index (κ1) is 17.2. The molecule has 0 radical (unpaired) electrons. The minimum Gasteiger partial charge on any atom is -0.379 e. The van der Waals surface area contributed by atoms with Gasteiger partial charge in [0.25, 0.3) is 0 Å². The van der Waals surface area contributed by atoms with Crippen LogP contribution in [0.15, 0.2) is 30.3 Å². The van der Waals surface area contributed by atoms with Crippen LogP contribution in [-0.4, -0.2) is 32.9 Å². The number of hydrogen-bond acceptors (Lipinski definition) is 3. The minimum atomic E-state index is 0.0974. The van der Waals surface area contributed by atoms with Crippen molar-refractivity contribution >= 4 is 0 Å². The SMILES string of the molecule is CCCOCCOC(CNCC(C)C)c1ccccc1. The van der Waals surface area contributed by atoms with Gasteiger partial charge in [-0.25, -0.2) is 0 Å². The first-order valence-corrected chi connectivity index (χ1v) is 7.69. The van der Waals surface area contributed by atoms with Crippen LogP contribution in [0.4, 0.5) is 0 Å². The Labute approximate surface area is 123 Å². The third kappa shape index (κ3) is 7.63. The molecule has 0 saturated heterocycles. The van der Waals surface area contributed by atoms with Gasteiger partial charge in [-0.3, -0.25) is 0 Å². The Morgan fingerprint density at radius 3 is 2.40 bits per heavy atom. The lowest BCUT2D eigenvalue weighted by molar-refractivity contribution is 0.00408. The van der Waals surface area contributed by atoms with Crippen molar-refractivity contribution in [3.05, 3.63) is 35.9 Å². The van der Waals surface area contributed by atoms with Crippen LogP contribution in [-0.2, 0) is 9.47 Å². The molecule has 3 heteroatoms. The van der Waals surface area contributed by atoms with Gasteiger partial charge in [-0.15, -0.1) is 0 Å². The molecule has 0 aliphatic rings. The molecule has 1 atom stereocenters. The van der Waals surface area contributed by atoms with E-state index in [1.807, 2.05) is 6.07 Å². The molecule has 0 amide bonds. The van der Waals surface area contributed by atoms with Crippen molar-refractivity contribution in [3.8, 4) is 0 Å². The van der Waals surface area contributed by atoms with Gasteiger partial charge in [-0.2, -0.15) is 0 Å². The molecule has 0 aromatic heterocycles. The first-order chi connectivity index (χ1) is 9.74. The molecule has 0 aliphatic carbocycles. The predicted octanol–water partition coefficient (Wildman–Crippen LogP) is 3.42. The Kier molecular flexibility index (Phi) is 9.29. The summed E-state index contributed by atoms with van der Waals surface area (Å²) in [4.78, 5) is 0. The van der Waals surface area contributed by atoms with Crippen molar-refractivity contribution in [3.63, 3.8) is 0 Å². The average Bonchev–Trinajstić information content (AvgIpc) is 2.46.